The summed E-state index contributed by atoms with van der Waals surface area (Å²) in [7, 11) is 0. The largest absolute Gasteiger partial charge is 0.312 e. The molecule has 1 atom stereocenters. The normalized spacial score (nSPS) is 16.5. The Morgan fingerprint density at radius 1 is 1.14 bits per heavy atom. The van der Waals surface area contributed by atoms with Crippen LogP contribution in [-0.4, -0.2) is 28.6 Å². The first-order valence-corrected chi connectivity index (χ1v) is 10.1. The van der Waals surface area contributed by atoms with Gasteiger partial charge in [-0.3, -0.25) is 14.9 Å². The highest BCUT2D eigenvalue weighted by molar-refractivity contribution is 7.15. The van der Waals surface area contributed by atoms with Gasteiger partial charge in [0.1, 0.15) is 5.01 Å². The average molecular weight is 404 g/mol. The third-order valence-electron chi connectivity index (χ3n) is 4.72. The Bertz CT molecular complexity index is 1040. The van der Waals surface area contributed by atoms with Crippen molar-refractivity contribution >= 4 is 40.0 Å². The molecule has 0 spiro atoms. The molecule has 1 saturated heterocycles. The van der Waals surface area contributed by atoms with Gasteiger partial charge < -0.3 is 4.90 Å². The maximum absolute atomic E-state index is 12.5. The second-order valence-electron chi connectivity index (χ2n) is 6.92. The fourth-order valence-electron chi connectivity index (χ4n) is 3.18. The van der Waals surface area contributed by atoms with Crippen LogP contribution in [0.4, 0.5) is 10.8 Å². The van der Waals surface area contributed by atoms with E-state index in [-0.39, 0.29) is 17.7 Å². The number of hydrogen-bond donors (Lipinski definition) is 1. The van der Waals surface area contributed by atoms with E-state index in [0.717, 1.165) is 21.8 Å². The number of rotatable bonds is 5. The van der Waals surface area contributed by atoms with Gasteiger partial charge in [0.25, 0.3) is 0 Å². The van der Waals surface area contributed by atoms with Crippen LogP contribution in [0.25, 0.3) is 6.08 Å². The molecule has 6 nitrogen and oxygen atoms in total. The molecule has 29 heavy (non-hydrogen) atoms. The second kappa shape index (κ2) is 8.36. The van der Waals surface area contributed by atoms with Crippen molar-refractivity contribution in [2.45, 2.75) is 19.3 Å². The monoisotopic (exact) mass is 404 g/mol. The topological polar surface area (TPSA) is 75.2 Å². The number of aryl methyl sites for hydroxylation is 1. The first kappa shape index (κ1) is 19.0. The molecule has 4 rings (SSSR count). The van der Waals surface area contributed by atoms with E-state index in [1.165, 1.54) is 17.4 Å². The minimum Gasteiger partial charge on any atom is -0.312 e. The van der Waals surface area contributed by atoms with E-state index in [1.54, 1.807) is 11.0 Å². The minimum absolute atomic E-state index is 0.0215. The molecule has 0 radical (unpaired) electrons. The van der Waals surface area contributed by atoms with Crippen LogP contribution in [0.15, 0.2) is 60.7 Å². The zero-order chi connectivity index (χ0) is 20.2. The van der Waals surface area contributed by atoms with E-state index in [1.807, 2.05) is 61.5 Å². The van der Waals surface area contributed by atoms with Gasteiger partial charge in [-0.05, 0) is 30.7 Å². The number of carbonyl (C=O) groups is 2. The fourth-order valence-corrected chi connectivity index (χ4v) is 4.02. The van der Waals surface area contributed by atoms with Crippen molar-refractivity contribution in [3.05, 3.63) is 76.8 Å². The molecule has 1 N–H and O–H groups in total. The Labute approximate surface area is 172 Å². The van der Waals surface area contributed by atoms with Gasteiger partial charge in [0.2, 0.25) is 16.9 Å². The lowest BCUT2D eigenvalue weighted by molar-refractivity contribution is -0.117. The summed E-state index contributed by atoms with van der Waals surface area (Å²) in [5, 5.41) is 12.2. The summed E-state index contributed by atoms with van der Waals surface area (Å²) < 4.78 is 0. The predicted octanol–water partition coefficient (Wildman–Crippen LogP) is 4.02. The van der Waals surface area contributed by atoms with Gasteiger partial charge in [-0.15, -0.1) is 10.2 Å². The lowest BCUT2D eigenvalue weighted by Gasteiger charge is -2.16. The highest BCUT2D eigenvalue weighted by Crippen LogP contribution is 2.34. The zero-order valence-corrected chi connectivity index (χ0v) is 16.7. The maximum Gasteiger partial charge on any atom is 0.250 e. The van der Waals surface area contributed by atoms with E-state index < -0.39 is 0 Å². The number of benzene rings is 2. The van der Waals surface area contributed by atoms with Crippen molar-refractivity contribution < 1.29 is 9.59 Å². The van der Waals surface area contributed by atoms with Crippen LogP contribution in [0.5, 0.6) is 0 Å². The van der Waals surface area contributed by atoms with E-state index >= 15 is 0 Å². The van der Waals surface area contributed by atoms with E-state index in [4.69, 9.17) is 0 Å². The molecule has 0 saturated carbocycles. The molecule has 0 bridgehead atoms. The van der Waals surface area contributed by atoms with Crippen LogP contribution in [-0.2, 0) is 9.59 Å². The molecular weight excluding hydrogens is 384 g/mol. The standard InChI is InChI=1S/C22H20N4O2S/c1-15-7-10-18(11-8-15)26-14-17(13-20(26)28)21-24-25-22(29-21)23-19(27)12-9-16-5-3-2-4-6-16/h2-12,17H,13-14H2,1H3,(H,23,25,27)/b12-9+. The summed E-state index contributed by atoms with van der Waals surface area (Å²) in [4.78, 5) is 26.3. The Kier molecular flexibility index (Phi) is 5.48. The van der Waals surface area contributed by atoms with Gasteiger partial charge in [-0.1, -0.05) is 59.4 Å². The smallest absolute Gasteiger partial charge is 0.250 e. The van der Waals surface area contributed by atoms with Gasteiger partial charge in [0, 0.05) is 30.6 Å². The van der Waals surface area contributed by atoms with E-state index in [9.17, 15) is 9.59 Å². The van der Waals surface area contributed by atoms with Gasteiger partial charge in [0.15, 0.2) is 0 Å². The van der Waals surface area contributed by atoms with Gasteiger partial charge >= 0.3 is 0 Å². The van der Waals surface area contributed by atoms with Crippen LogP contribution in [0, 0.1) is 6.92 Å². The molecule has 2 amide bonds. The molecule has 1 aliphatic heterocycles. The summed E-state index contributed by atoms with van der Waals surface area (Å²) in [5.74, 6) is -0.211. The molecule has 1 aliphatic rings. The molecule has 7 heteroatoms. The minimum atomic E-state index is -0.264. The number of nitrogens with one attached hydrogen (secondary N) is 1. The highest BCUT2D eigenvalue weighted by Gasteiger charge is 2.33. The van der Waals surface area contributed by atoms with Crippen molar-refractivity contribution in [2.75, 3.05) is 16.8 Å². The summed E-state index contributed by atoms with van der Waals surface area (Å²) >= 11 is 1.31. The second-order valence-corrected chi connectivity index (χ2v) is 7.93. The van der Waals surface area contributed by atoms with Crippen LogP contribution in [0.1, 0.15) is 28.5 Å². The van der Waals surface area contributed by atoms with E-state index in [2.05, 4.69) is 15.5 Å². The van der Waals surface area contributed by atoms with Gasteiger partial charge in [-0.25, -0.2) is 0 Å². The SMILES string of the molecule is Cc1ccc(N2CC(c3nnc(NC(=O)/C=C/c4ccccc4)s3)CC2=O)cc1. The van der Waals surface area contributed by atoms with Gasteiger partial charge in [0.05, 0.1) is 0 Å². The van der Waals surface area contributed by atoms with Crippen molar-refractivity contribution in [1.82, 2.24) is 10.2 Å². The molecular formula is C22H20N4O2S. The van der Waals surface area contributed by atoms with Crippen LogP contribution in [0.2, 0.25) is 0 Å². The molecule has 146 valence electrons. The molecule has 3 aromatic rings. The number of carbonyl (C=O) groups excluding carboxylic acids is 2. The fraction of sp³-hybridized carbons (Fsp3) is 0.182. The highest BCUT2D eigenvalue weighted by atomic mass is 32.1. The van der Waals surface area contributed by atoms with E-state index in [0.29, 0.717) is 18.1 Å². The van der Waals surface area contributed by atoms with Crippen molar-refractivity contribution in [2.24, 2.45) is 0 Å². The summed E-state index contributed by atoms with van der Waals surface area (Å²) in [6, 6.07) is 17.5. The Morgan fingerprint density at radius 2 is 1.90 bits per heavy atom. The number of anilines is 2. The Hall–Kier alpha value is -3.32. The average Bonchev–Trinajstić information content (AvgIpc) is 3.34. The summed E-state index contributed by atoms with van der Waals surface area (Å²) in [6.45, 7) is 2.59. The van der Waals surface area contributed by atoms with Crippen molar-refractivity contribution in [1.29, 1.82) is 0 Å². The Balaban J connectivity index is 1.39. The van der Waals surface area contributed by atoms with Crippen LogP contribution < -0.4 is 10.2 Å². The van der Waals surface area contributed by atoms with Crippen molar-refractivity contribution in [3.63, 3.8) is 0 Å². The zero-order valence-electron chi connectivity index (χ0n) is 15.9. The Morgan fingerprint density at radius 3 is 2.66 bits per heavy atom. The lowest BCUT2D eigenvalue weighted by Crippen LogP contribution is -2.24. The summed E-state index contributed by atoms with van der Waals surface area (Å²) in [6.07, 6.45) is 3.60. The summed E-state index contributed by atoms with van der Waals surface area (Å²) in [5.41, 5.74) is 3.00. The molecule has 2 aromatic carbocycles. The third kappa shape index (κ3) is 4.57. The third-order valence-corrected chi connectivity index (χ3v) is 5.72. The molecule has 2 heterocycles. The van der Waals surface area contributed by atoms with Gasteiger partial charge in [-0.2, -0.15) is 0 Å². The molecule has 1 unspecified atom stereocenters. The lowest BCUT2D eigenvalue weighted by atomic mass is 10.1. The first-order valence-electron chi connectivity index (χ1n) is 9.33. The van der Waals surface area contributed by atoms with Crippen LogP contribution in [0.3, 0.4) is 0 Å². The number of aromatic nitrogens is 2. The first-order chi connectivity index (χ1) is 14.1. The predicted molar refractivity (Wildman–Crippen MR) is 115 cm³/mol. The molecule has 1 aromatic heterocycles. The number of amides is 2. The molecule has 0 aliphatic carbocycles. The molecule has 1 fully saturated rings. The maximum atomic E-state index is 12.5. The number of hydrogen-bond acceptors (Lipinski definition) is 5. The quantitative estimate of drug-likeness (QED) is 0.652. The van der Waals surface area contributed by atoms with Crippen LogP contribution >= 0.6 is 11.3 Å². The van der Waals surface area contributed by atoms with Crippen molar-refractivity contribution in [3.8, 4) is 0 Å². The number of nitrogens with zero attached hydrogens (tertiary/aromatic N) is 3.